The third kappa shape index (κ3) is 1.46. The van der Waals surface area contributed by atoms with Crippen LogP contribution in [0.15, 0.2) is 0 Å². The number of likely N-dealkylation sites (N-methyl/N-ethyl adjacent to an activating group) is 1. The van der Waals surface area contributed by atoms with Gasteiger partial charge in [0.2, 0.25) is 0 Å². The van der Waals surface area contributed by atoms with Crippen LogP contribution in [0.3, 0.4) is 0 Å². The van der Waals surface area contributed by atoms with Gasteiger partial charge in [0.15, 0.2) is 5.78 Å². The summed E-state index contributed by atoms with van der Waals surface area (Å²) in [7, 11) is 1.91. The summed E-state index contributed by atoms with van der Waals surface area (Å²) < 4.78 is 0. The number of nitrogens with one attached hydrogen (secondary N) is 1. The molecule has 1 N–H and O–H groups in total. The van der Waals surface area contributed by atoms with E-state index in [4.69, 9.17) is 0 Å². The van der Waals surface area contributed by atoms with Gasteiger partial charge in [0.05, 0.1) is 6.04 Å². The molecule has 4 fully saturated rings. The van der Waals surface area contributed by atoms with Crippen molar-refractivity contribution in [3.05, 3.63) is 0 Å². The van der Waals surface area contributed by atoms with Crippen molar-refractivity contribution in [2.75, 3.05) is 7.05 Å². The average Bonchev–Trinajstić information content (AvgIpc) is 2.25. The first-order valence-electron chi connectivity index (χ1n) is 6.84. The molecule has 90 valence electrons. The van der Waals surface area contributed by atoms with Crippen LogP contribution in [-0.2, 0) is 4.79 Å². The van der Waals surface area contributed by atoms with Crippen molar-refractivity contribution in [3.8, 4) is 0 Å². The number of hydrogen-bond donors (Lipinski definition) is 1. The largest absolute Gasteiger partial charge is 0.311 e. The van der Waals surface area contributed by atoms with Crippen LogP contribution < -0.4 is 5.32 Å². The molecule has 2 heteroatoms. The first kappa shape index (κ1) is 10.8. The first-order valence-corrected chi connectivity index (χ1v) is 6.84. The lowest BCUT2D eigenvalue weighted by Crippen LogP contribution is -2.54. The van der Waals surface area contributed by atoms with Crippen molar-refractivity contribution in [2.45, 2.75) is 51.5 Å². The molecule has 1 atom stereocenters. The van der Waals surface area contributed by atoms with Crippen LogP contribution in [0.4, 0.5) is 0 Å². The summed E-state index contributed by atoms with van der Waals surface area (Å²) in [4.78, 5) is 12.6. The van der Waals surface area contributed by atoms with Crippen molar-refractivity contribution >= 4 is 5.78 Å². The summed E-state index contributed by atoms with van der Waals surface area (Å²) >= 11 is 0. The molecule has 0 aromatic rings. The SMILES string of the molecule is CN[C@@H](C)C(=O)C12CC3CC(CC(C3)C1)C2. The zero-order chi connectivity index (χ0) is 11.3. The highest BCUT2D eigenvalue weighted by Crippen LogP contribution is 2.60. The Morgan fingerprint density at radius 2 is 1.56 bits per heavy atom. The minimum absolute atomic E-state index is 0.0521. The standard InChI is InChI=1S/C14H23NO/c1-9(15-2)13(16)14-6-10-3-11(7-14)5-12(4-10)8-14/h9-12,15H,3-8H2,1-2H3/t9-,10?,11?,12?,14?/m0/s1. The molecule has 0 amide bonds. The quantitative estimate of drug-likeness (QED) is 0.793. The van der Waals surface area contributed by atoms with Gasteiger partial charge in [-0.3, -0.25) is 4.79 Å². The van der Waals surface area contributed by atoms with Crippen LogP contribution in [0.5, 0.6) is 0 Å². The normalized spacial score (nSPS) is 47.0. The van der Waals surface area contributed by atoms with Crippen molar-refractivity contribution in [1.82, 2.24) is 5.32 Å². The number of carbonyl (C=O) groups is 1. The Morgan fingerprint density at radius 3 is 1.94 bits per heavy atom. The molecule has 4 saturated carbocycles. The van der Waals surface area contributed by atoms with E-state index in [1.807, 2.05) is 14.0 Å². The molecule has 16 heavy (non-hydrogen) atoms. The second-order valence-electron chi connectivity index (χ2n) is 6.57. The van der Waals surface area contributed by atoms with Gasteiger partial charge in [0.25, 0.3) is 0 Å². The van der Waals surface area contributed by atoms with E-state index in [0.717, 1.165) is 17.8 Å². The lowest BCUT2D eigenvalue weighted by Gasteiger charge is -2.56. The van der Waals surface area contributed by atoms with Gasteiger partial charge in [-0.25, -0.2) is 0 Å². The fraction of sp³-hybridized carbons (Fsp3) is 0.929. The number of Topliss-reactive ketones (excluding diaryl/α,β-unsaturated/α-hetero) is 1. The fourth-order valence-corrected chi connectivity index (χ4v) is 5.00. The summed E-state index contributed by atoms with van der Waals surface area (Å²) in [6, 6.07) is 0.0521. The summed E-state index contributed by atoms with van der Waals surface area (Å²) in [6.45, 7) is 2.03. The molecule has 0 saturated heterocycles. The van der Waals surface area contributed by atoms with Crippen LogP contribution in [0.2, 0.25) is 0 Å². The molecule has 4 aliphatic carbocycles. The van der Waals surface area contributed by atoms with Gasteiger partial charge in [0, 0.05) is 5.41 Å². The third-order valence-electron chi connectivity index (χ3n) is 5.39. The number of hydrogen-bond acceptors (Lipinski definition) is 2. The molecule has 0 aliphatic heterocycles. The summed E-state index contributed by atoms with van der Waals surface area (Å²) in [5.74, 6) is 3.13. The van der Waals surface area contributed by atoms with E-state index in [2.05, 4.69) is 5.32 Å². The van der Waals surface area contributed by atoms with Gasteiger partial charge in [-0.1, -0.05) is 0 Å². The smallest absolute Gasteiger partial charge is 0.155 e. The van der Waals surface area contributed by atoms with Gasteiger partial charge >= 0.3 is 0 Å². The summed E-state index contributed by atoms with van der Waals surface area (Å²) in [6.07, 6.45) is 7.85. The van der Waals surface area contributed by atoms with Crippen LogP contribution in [-0.4, -0.2) is 18.9 Å². The topological polar surface area (TPSA) is 29.1 Å². The molecular weight excluding hydrogens is 198 g/mol. The van der Waals surface area contributed by atoms with Crippen LogP contribution in [0.1, 0.15) is 45.4 Å². The highest BCUT2D eigenvalue weighted by Gasteiger charge is 2.54. The van der Waals surface area contributed by atoms with Crippen molar-refractivity contribution < 1.29 is 4.79 Å². The van der Waals surface area contributed by atoms with E-state index >= 15 is 0 Å². The van der Waals surface area contributed by atoms with E-state index in [9.17, 15) is 4.79 Å². The molecule has 0 heterocycles. The van der Waals surface area contributed by atoms with E-state index in [1.54, 1.807) is 0 Å². The Morgan fingerprint density at radius 1 is 1.12 bits per heavy atom. The molecule has 0 spiro atoms. The molecule has 0 unspecified atom stereocenters. The van der Waals surface area contributed by atoms with Gasteiger partial charge in [-0.2, -0.15) is 0 Å². The number of rotatable bonds is 3. The Balaban J connectivity index is 1.85. The highest BCUT2D eigenvalue weighted by molar-refractivity contribution is 5.89. The molecule has 4 bridgehead atoms. The predicted octanol–water partition coefficient (Wildman–Crippen LogP) is 2.38. The number of carbonyl (C=O) groups excluding carboxylic acids is 1. The maximum atomic E-state index is 12.6. The second kappa shape index (κ2) is 3.56. The van der Waals surface area contributed by atoms with E-state index in [0.29, 0.717) is 5.78 Å². The van der Waals surface area contributed by atoms with E-state index < -0.39 is 0 Å². The molecule has 0 aromatic heterocycles. The molecule has 4 rings (SSSR count). The Hall–Kier alpha value is -0.370. The summed E-state index contributed by atoms with van der Waals surface area (Å²) in [5.41, 5.74) is 0.0805. The second-order valence-corrected chi connectivity index (χ2v) is 6.57. The van der Waals surface area contributed by atoms with E-state index in [-0.39, 0.29) is 11.5 Å². The number of ketones is 1. The van der Waals surface area contributed by atoms with Gasteiger partial charge in [-0.05, 0) is 70.3 Å². The minimum atomic E-state index is 0.0521. The molecule has 0 aromatic carbocycles. The average molecular weight is 221 g/mol. The lowest BCUT2D eigenvalue weighted by molar-refractivity contribution is -0.145. The van der Waals surface area contributed by atoms with Crippen molar-refractivity contribution in [1.29, 1.82) is 0 Å². The van der Waals surface area contributed by atoms with Crippen molar-refractivity contribution in [2.24, 2.45) is 23.2 Å². The molecule has 0 radical (unpaired) electrons. The van der Waals surface area contributed by atoms with Crippen LogP contribution >= 0.6 is 0 Å². The minimum Gasteiger partial charge on any atom is -0.311 e. The Bertz CT molecular complexity index is 275. The van der Waals surface area contributed by atoms with Gasteiger partial charge < -0.3 is 5.32 Å². The van der Waals surface area contributed by atoms with Crippen LogP contribution in [0.25, 0.3) is 0 Å². The maximum absolute atomic E-state index is 12.6. The fourth-order valence-electron chi connectivity index (χ4n) is 5.00. The Labute approximate surface area is 98.2 Å². The predicted molar refractivity (Wildman–Crippen MR) is 64.1 cm³/mol. The maximum Gasteiger partial charge on any atom is 0.155 e. The van der Waals surface area contributed by atoms with Crippen molar-refractivity contribution in [3.63, 3.8) is 0 Å². The monoisotopic (exact) mass is 221 g/mol. The lowest BCUT2D eigenvalue weighted by atomic mass is 9.48. The van der Waals surface area contributed by atoms with Gasteiger partial charge in [0.1, 0.15) is 0 Å². The Kier molecular flexibility index (Phi) is 2.39. The first-order chi connectivity index (χ1) is 7.63. The van der Waals surface area contributed by atoms with Crippen LogP contribution in [0, 0.1) is 23.2 Å². The molecule has 2 nitrogen and oxygen atoms in total. The summed E-state index contributed by atoms with van der Waals surface area (Å²) in [5, 5.41) is 3.14. The molecule has 4 aliphatic rings. The zero-order valence-corrected chi connectivity index (χ0v) is 10.5. The third-order valence-corrected chi connectivity index (χ3v) is 5.39. The highest BCUT2D eigenvalue weighted by atomic mass is 16.1. The van der Waals surface area contributed by atoms with Gasteiger partial charge in [-0.15, -0.1) is 0 Å². The zero-order valence-electron chi connectivity index (χ0n) is 10.5. The molecular formula is C14H23NO. The van der Waals surface area contributed by atoms with E-state index in [1.165, 1.54) is 38.5 Å².